The molecule has 21 heavy (non-hydrogen) atoms. The van der Waals surface area contributed by atoms with Crippen LogP contribution in [0.2, 0.25) is 0 Å². The standard InChI is InChI=1S/C16H26O5/c1-8-9-19-15(21-14(18)12(4)5)16(6,7)10-20-13(17)11(2)3/h15H,2,4,8-10H2,1,3,5-7H3. The van der Waals surface area contributed by atoms with Gasteiger partial charge in [0, 0.05) is 11.1 Å². The minimum absolute atomic E-state index is 0.0521. The SMILES string of the molecule is C=C(C)C(=O)OCC(C)(C)C(OCCC)OC(=O)C(=C)C. The lowest BCUT2D eigenvalue weighted by Crippen LogP contribution is -2.40. The molecular formula is C16H26O5. The van der Waals surface area contributed by atoms with Crippen LogP contribution in [0.1, 0.15) is 41.0 Å². The van der Waals surface area contributed by atoms with Crippen molar-refractivity contribution >= 4 is 11.9 Å². The lowest BCUT2D eigenvalue weighted by Gasteiger charge is -2.32. The van der Waals surface area contributed by atoms with E-state index < -0.39 is 23.6 Å². The smallest absolute Gasteiger partial charge is 0.335 e. The van der Waals surface area contributed by atoms with E-state index in [0.29, 0.717) is 12.2 Å². The van der Waals surface area contributed by atoms with Crippen molar-refractivity contribution < 1.29 is 23.8 Å². The molecule has 0 rings (SSSR count). The molecule has 0 amide bonds. The Kier molecular flexibility index (Phi) is 7.95. The quantitative estimate of drug-likeness (QED) is 0.372. The van der Waals surface area contributed by atoms with Crippen LogP contribution in [0.4, 0.5) is 0 Å². The van der Waals surface area contributed by atoms with Crippen molar-refractivity contribution in [1.29, 1.82) is 0 Å². The molecule has 0 heterocycles. The van der Waals surface area contributed by atoms with Crippen LogP contribution in [0.5, 0.6) is 0 Å². The highest BCUT2D eigenvalue weighted by Gasteiger charge is 2.35. The highest BCUT2D eigenvalue weighted by atomic mass is 16.7. The van der Waals surface area contributed by atoms with Crippen LogP contribution in [0, 0.1) is 5.41 Å². The van der Waals surface area contributed by atoms with Gasteiger partial charge in [0.25, 0.3) is 0 Å². The molecule has 0 saturated carbocycles. The predicted octanol–water partition coefficient (Wildman–Crippen LogP) is 3.00. The van der Waals surface area contributed by atoms with Crippen LogP contribution in [0.3, 0.4) is 0 Å². The van der Waals surface area contributed by atoms with Crippen molar-refractivity contribution in [2.45, 2.75) is 47.3 Å². The molecule has 0 aliphatic carbocycles. The number of hydrogen-bond donors (Lipinski definition) is 0. The summed E-state index contributed by atoms with van der Waals surface area (Å²) in [5.41, 5.74) is -0.0867. The van der Waals surface area contributed by atoms with Crippen molar-refractivity contribution in [3.63, 3.8) is 0 Å². The van der Waals surface area contributed by atoms with Crippen molar-refractivity contribution in [3.05, 3.63) is 24.3 Å². The zero-order chi connectivity index (χ0) is 16.6. The third-order valence-electron chi connectivity index (χ3n) is 2.60. The summed E-state index contributed by atoms with van der Waals surface area (Å²) in [6.45, 7) is 16.2. The summed E-state index contributed by atoms with van der Waals surface area (Å²) in [6, 6.07) is 0. The Morgan fingerprint density at radius 2 is 1.62 bits per heavy atom. The van der Waals surface area contributed by atoms with E-state index in [4.69, 9.17) is 14.2 Å². The first-order valence-corrected chi connectivity index (χ1v) is 6.92. The van der Waals surface area contributed by atoms with Crippen LogP contribution in [0.15, 0.2) is 24.3 Å². The van der Waals surface area contributed by atoms with Crippen molar-refractivity contribution in [2.24, 2.45) is 5.41 Å². The molecule has 0 aliphatic rings. The van der Waals surface area contributed by atoms with E-state index in [1.54, 1.807) is 27.7 Å². The summed E-state index contributed by atoms with van der Waals surface area (Å²) in [5.74, 6) is -1.01. The second kappa shape index (κ2) is 8.62. The van der Waals surface area contributed by atoms with Crippen molar-refractivity contribution in [2.75, 3.05) is 13.2 Å². The van der Waals surface area contributed by atoms with Crippen LogP contribution in [-0.4, -0.2) is 31.4 Å². The van der Waals surface area contributed by atoms with E-state index in [0.717, 1.165) is 6.42 Å². The summed E-state index contributed by atoms with van der Waals surface area (Å²) >= 11 is 0. The summed E-state index contributed by atoms with van der Waals surface area (Å²) in [7, 11) is 0. The maximum absolute atomic E-state index is 11.7. The van der Waals surface area contributed by atoms with Gasteiger partial charge in [0.2, 0.25) is 6.29 Å². The van der Waals surface area contributed by atoms with Gasteiger partial charge in [-0.15, -0.1) is 0 Å². The van der Waals surface area contributed by atoms with Gasteiger partial charge in [-0.3, -0.25) is 0 Å². The number of hydrogen-bond acceptors (Lipinski definition) is 5. The highest BCUT2D eigenvalue weighted by molar-refractivity contribution is 5.87. The van der Waals surface area contributed by atoms with Crippen LogP contribution < -0.4 is 0 Å². The van der Waals surface area contributed by atoms with Gasteiger partial charge in [0.15, 0.2) is 0 Å². The summed E-state index contributed by atoms with van der Waals surface area (Å²) in [5, 5.41) is 0. The zero-order valence-corrected chi connectivity index (χ0v) is 13.7. The molecular weight excluding hydrogens is 272 g/mol. The largest absolute Gasteiger partial charge is 0.462 e. The molecule has 1 atom stereocenters. The van der Waals surface area contributed by atoms with Gasteiger partial charge in [-0.25, -0.2) is 9.59 Å². The third-order valence-corrected chi connectivity index (χ3v) is 2.60. The Labute approximate surface area is 126 Å². The van der Waals surface area contributed by atoms with Crippen molar-refractivity contribution in [3.8, 4) is 0 Å². The van der Waals surface area contributed by atoms with Gasteiger partial charge >= 0.3 is 11.9 Å². The molecule has 1 unspecified atom stereocenters. The summed E-state index contributed by atoms with van der Waals surface area (Å²) < 4.78 is 16.0. The minimum Gasteiger partial charge on any atom is -0.462 e. The van der Waals surface area contributed by atoms with Gasteiger partial charge in [-0.05, 0) is 20.3 Å². The van der Waals surface area contributed by atoms with E-state index in [-0.39, 0.29) is 12.2 Å². The molecule has 0 aromatic carbocycles. The third kappa shape index (κ3) is 7.09. The first-order valence-electron chi connectivity index (χ1n) is 6.92. The lowest BCUT2D eigenvalue weighted by molar-refractivity contribution is -0.210. The molecule has 0 fully saturated rings. The number of carbonyl (C=O) groups excluding carboxylic acids is 2. The minimum atomic E-state index is -0.820. The molecule has 0 radical (unpaired) electrons. The van der Waals surface area contributed by atoms with Crippen LogP contribution in [0.25, 0.3) is 0 Å². The number of ether oxygens (including phenoxy) is 3. The Hall–Kier alpha value is -1.62. The van der Waals surface area contributed by atoms with Crippen molar-refractivity contribution in [1.82, 2.24) is 0 Å². The Bertz CT molecular complexity index is 409. The number of rotatable bonds is 9. The lowest BCUT2D eigenvalue weighted by atomic mass is 9.93. The predicted molar refractivity (Wildman–Crippen MR) is 80.5 cm³/mol. The first-order chi connectivity index (χ1) is 9.61. The van der Waals surface area contributed by atoms with Gasteiger partial charge in [0.05, 0.1) is 12.0 Å². The van der Waals surface area contributed by atoms with Gasteiger partial charge in [-0.2, -0.15) is 0 Å². The van der Waals surface area contributed by atoms with E-state index in [9.17, 15) is 9.59 Å². The average molecular weight is 298 g/mol. The summed E-state index contributed by atoms with van der Waals surface area (Å²) in [6.07, 6.45) is -0.0393. The molecule has 0 saturated heterocycles. The van der Waals surface area contributed by atoms with E-state index in [1.165, 1.54) is 0 Å². The number of esters is 2. The molecule has 0 aliphatic heterocycles. The van der Waals surface area contributed by atoms with Crippen LogP contribution in [-0.2, 0) is 23.8 Å². The highest BCUT2D eigenvalue weighted by Crippen LogP contribution is 2.26. The maximum Gasteiger partial charge on any atom is 0.335 e. The monoisotopic (exact) mass is 298 g/mol. The Morgan fingerprint density at radius 3 is 2.05 bits per heavy atom. The van der Waals surface area contributed by atoms with E-state index >= 15 is 0 Å². The molecule has 0 bridgehead atoms. The molecule has 0 aromatic heterocycles. The fourth-order valence-electron chi connectivity index (χ4n) is 1.28. The molecule has 120 valence electrons. The zero-order valence-electron chi connectivity index (χ0n) is 13.7. The molecule has 0 N–H and O–H groups in total. The fraction of sp³-hybridized carbons (Fsp3) is 0.625. The normalized spacial score (nSPS) is 12.4. The topological polar surface area (TPSA) is 61.8 Å². The molecule has 0 aromatic rings. The van der Waals surface area contributed by atoms with Crippen LogP contribution >= 0.6 is 0 Å². The maximum atomic E-state index is 11.7. The first kappa shape index (κ1) is 19.4. The second-order valence-electron chi connectivity index (χ2n) is 5.73. The fourth-order valence-corrected chi connectivity index (χ4v) is 1.28. The Morgan fingerprint density at radius 1 is 1.10 bits per heavy atom. The summed E-state index contributed by atoms with van der Waals surface area (Å²) in [4.78, 5) is 23.2. The van der Waals surface area contributed by atoms with Gasteiger partial charge < -0.3 is 14.2 Å². The van der Waals surface area contributed by atoms with E-state index in [1.807, 2.05) is 6.92 Å². The van der Waals surface area contributed by atoms with Gasteiger partial charge in [0.1, 0.15) is 6.61 Å². The van der Waals surface area contributed by atoms with Gasteiger partial charge in [-0.1, -0.05) is 33.9 Å². The second-order valence-corrected chi connectivity index (χ2v) is 5.73. The Balaban J connectivity index is 4.84. The molecule has 0 spiro atoms. The molecule has 5 heteroatoms. The van der Waals surface area contributed by atoms with E-state index in [2.05, 4.69) is 13.2 Å². The molecule has 5 nitrogen and oxygen atoms in total. The number of carbonyl (C=O) groups is 2. The average Bonchev–Trinajstić information content (AvgIpc) is 2.39.